The Morgan fingerprint density at radius 1 is 1.16 bits per heavy atom. The Labute approximate surface area is 115 Å². The summed E-state index contributed by atoms with van der Waals surface area (Å²) in [5.74, 6) is 1.14. The minimum atomic E-state index is 0.0457. The van der Waals surface area contributed by atoms with Gasteiger partial charge in [-0.15, -0.1) is 0 Å². The van der Waals surface area contributed by atoms with E-state index in [9.17, 15) is 0 Å². The van der Waals surface area contributed by atoms with Crippen LogP contribution >= 0.6 is 0 Å². The third-order valence-electron chi connectivity index (χ3n) is 2.42. The molecule has 0 saturated heterocycles. The zero-order valence-corrected chi connectivity index (χ0v) is 11.8. The van der Waals surface area contributed by atoms with E-state index in [1.807, 2.05) is 31.2 Å². The summed E-state index contributed by atoms with van der Waals surface area (Å²) < 4.78 is 6.31. The van der Waals surface area contributed by atoms with Crippen LogP contribution in [-0.2, 0) is 5.32 Å². The van der Waals surface area contributed by atoms with Crippen molar-refractivity contribution in [2.24, 2.45) is 0 Å². The van der Waals surface area contributed by atoms with Gasteiger partial charge >= 0.3 is 114 Å². The molecule has 7 nitrogen and oxygen atoms in total. The van der Waals surface area contributed by atoms with Crippen LogP contribution in [0.4, 0.5) is 0 Å². The van der Waals surface area contributed by atoms with E-state index in [4.69, 9.17) is 4.42 Å². The number of aryl methyl sites for hydroxylation is 1. The number of rotatable bonds is 4. The van der Waals surface area contributed by atoms with Crippen LogP contribution in [0.2, 0.25) is 0 Å². The van der Waals surface area contributed by atoms with Crippen molar-refractivity contribution in [2.45, 2.75) is 12.2 Å². The van der Waals surface area contributed by atoms with Crippen LogP contribution in [0.25, 0.3) is 11.5 Å². The van der Waals surface area contributed by atoms with Gasteiger partial charge in [-0.05, 0) is 0 Å². The molecule has 0 aliphatic carbocycles. The van der Waals surface area contributed by atoms with Gasteiger partial charge in [0.15, 0.2) is 0 Å². The average Bonchev–Trinajstić information content (AvgIpc) is 3.09. The molecule has 2 aromatic heterocycles. The molecule has 8 heteroatoms. The number of hydrogen-bond donors (Lipinski definition) is 1. The average molecular weight is 321 g/mol. The molecule has 0 radical (unpaired) electrons. The van der Waals surface area contributed by atoms with Crippen LogP contribution in [0.1, 0.15) is 11.5 Å². The third-order valence-corrected chi connectivity index (χ3v) is 4.14. The second-order valence-corrected chi connectivity index (χ2v) is 5.83. The maximum atomic E-state index is 5.62. The van der Waals surface area contributed by atoms with Crippen LogP contribution in [-0.4, -0.2) is 45.8 Å². The third kappa shape index (κ3) is 2.86. The first-order valence-corrected chi connectivity index (χ1v) is 7.64. The molecule has 0 spiro atoms. The fourth-order valence-electron chi connectivity index (χ4n) is 1.46. The van der Waals surface area contributed by atoms with E-state index in [0.29, 0.717) is 21.8 Å². The van der Waals surface area contributed by atoms with Crippen LogP contribution in [0.15, 0.2) is 28.7 Å². The van der Waals surface area contributed by atoms with Crippen molar-refractivity contribution in [2.75, 3.05) is 0 Å². The molecule has 0 atom stereocenters. The van der Waals surface area contributed by atoms with Crippen LogP contribution in [0.5, 0.6) is 0 Å². The van der Waals surface area contributed by atoms with Gasteiger partial charge in [-0.25, -0.2) is 0 Å². The predicted octanol–water partition coefficient (Wildman–Crippen LogP) is 0.0878. The monoisotopic (exact) mass is 322 g/mol. The number of H-pyrrole nitrogens is 1. The maximum absolute atomic E-state index is 5.62. The van der Waals surface area contributed by atoms with Crippen molar-refractivity contribution in [3.05, 3.63) is 35.7 Å². The van der Waals surface area contributed by atoms with Gasteiger partial charge in [-0.1, -0.05) is 0 Å². The molecule has 0 amide bonds. The number of tetrazole rings is 1. The molecule has 0 saturated carbocycles. The van der Waals surface area contributed by atoms with Crippen LogP contribution in [0, 0.1) is 6.92 Å². The second kappa shape index (κ2) is 5.29. The van der Waals surface area contributed by atoms with Gasteiger partial charge in [0, 0.05) is 0 Å². The molecular formula is C11H10N6OSe. The first-order chi connectivity index (χ1) is 9.31. The van der Waals surface area contributed by atoms with E-state index < -0.39 is 0 Å². The quantitative estimate of drug-likeness (QED) is 0.685. The number of nitrogens with one attached hydrogen (secondary N) is 1. The second-order valence-electron chi connectivity index (χ2n) is 3.85. The van der Waals surface area contributed by atoms with E-state index in [2.05, 4.69) is 30.8 Å². The molecule has 0 aliphatic rings. The Kier molecular flexibility index (Phi) is 3.35. The van der Waals surface area contributed by atoms with E-state index in [-0.39, 0.29) is 15.0 Å². The number of aromatic nitrogens is 6. The topological polar surface area (TPSA) is 93.4 Å². The molecule has 0 fully saturated rings. The first kappa shape index (κ1) is 12.0. The van der Waals surface area contributed by atoms with Crippen molar-refractivity contribution in [1.29, 1.82) is 0 Å². The van der Waals surface area contributed by atoms with Gasteiger partial charge in [-0.3, -0.25) is 0 Å². The number of aromatic amines is 1. The van der Waals surface area contributed by atoms with Crippen molar-refractivity contribution < 1.29 is 4.42 Å². The Balaban J connectivity index is 1.70. The van der Waals surface area contributed by atoms with Gasteiger partial charge in [0.25, 0.3) is 0 Å². The van der Waals surface area contributed by atoms with Crippen molar-refractivity contribution in [1.82, 2.24) is 30.8 Å². The van der Waals surface area contributed by atoms with Gasteiger partial charge in [0.2, 0.25) is 0 Å². The van der Waals surface area contributed by atoms with Gasteiger partial charge in [-0.2, -0.15) is 0 Å². The molecule has 0 aliphatic heterocycles. The minimum absolute atomic E-state index is 0.0457. The first-order valence-electron chi connectivity index (χ1n) is 5.57. The van der Waals surface area contributed by atoms with Crippen LogP contribution < -0.4 is 4.72 Å². The molecule has 19 heavy (non-hydrogen) atoms. The zero-order valence-electron chi connectivity index (χ0n) is 10.1. The number of hydrogen-bond acceptors (Lipinski definition) is 6. The van der Waals surface area contributed by atoms with Crippen molar-refractivity contribution >= 4 is 19.7 Å². The van der Waals surface area contributed by atoms with E-state index in [1.165, 1.54) is 5.56 Å². The number of nitrogens with zero attached hydrogens (tertiary/aromatic N) is 5. The Bertz CT molecular complexity index is 648. The molecule has 0 bridgehead atoms. The summed E-state index contributed by atoms with van der Waals surface area (Å²) in [5, 5.41) is 22.5. The zero-order chi connectivity index (χ0) is 13.1. The number of benzene rings is 1. The Morgan fingerprint density at radius 2 is 2.00 bits per heavy atom. The SMILES string of the molecule is Cc1ccc(-c2nnc(C[Se]c3nn[nH]n3)o2)cc1. The fourth-order valence-corrected chi connectivity index (χ4v) is 2.67. The Hall–Kier alpha value is -2.05. The molecular weight excluding hydrogens is 311 g/mol. The van der Waals surface area contributed by atoms with Gasteiger partial charge in [0.05, 0.1) is 0 Å². The molecule has 1 aromatic carbocycles. The predicted molar refractivity (Wildman–Crippen MR) is 67.7 cm³/mol. The molecule has 0 unspecified atom stereocenters. The molecule has 2 heterocycles. The van der Waals surface area contributed by atoms with Crippen molar-refractivity contribution in [3.8, 4) is 11.5 Å². The summed E-state index contributed by atoms with van der Waals surface area (Å²) in [6, 6.07) is 7.97. The molecule has 3 rings (SSSR count). The van der Waals surface area contributed by atoms with Gasteiger partial charge < -0.3 is 0 Å². The van der Waals surface area contributed by atoms with E-state index >= 15 is 0 Å². The Morgan fingerprint density at radius 3 is 2.74 bits per heavy atom. The molecule has 1 N–H and O–H groups in total. The molecule has 3 aromatic rings. The van der Waals surface area contributed by atoms with Crippen molar-refractivity contribution in [3.63, 3.8) is 0 Å². The van der Waals surface area contributed by atoms with E-state index in [1.54, 1.807) is 0 Å². The summed E-state index contributed by atoms with van der Waals surface area (Å²) in [6.45, 7) is 2.04. The summed E-state index contributed by atoms with van der Waals surface area (Å²) in [6.07, 6.45) is 0. The normalized spacial score (nSPS) is 10.8. The summed E-state index contributed by atoms with van der Waals surface area (Å²) in [7, 11) is 0. The summed E-state index contributed by atoms with van der Waals surface area (Å²) >= 11 is 0.0457. The standard InChI is InChI=1S/C11H10N6OSe/c1-7-2-4-8(5-3-7)10-13-12-9(18-10)6-19-11-14-16-17-15-11/h2-5H,6H2,1H3,(H,14,15,16,17). The molecule has 96 valence electrons. The van der Waals surface area contributed by atoms with Gasteiger partial charge in [0.1, 0.15) is 0 Å². The van der Waals surface area contributed by atoms with E-state index in [0.717, 1.165) is 5.56 Å². The summed E-state index contributed by atoms with van der Waals surface area (Å²) in [4.78, 5) is 0. The summed E-state index contributed by atoms with van der Waals surface area (Å²) in [5.41, 5.74) is 2.13. The fraction of sp³-hybridized carbons (Fsp3) is 0.182. The van der Waals surface area contributed by atoms with Crippen LogP contribution in [0.3, 0.4) is 0 Å².